The SMILES string of the molecule is CCCCOc1ccc(C2/C(=C(/O)c3ccc(OCC)cc3)C(=O)C(=O)N2c2nnc(SCc3ccc(Cl)cc3Cl)s2)cc1OC. The highest BCUT2D eigenvalue weighted by molar-refractivity contribution is 8.00. The van der Waals surface area contributed by atoms with E-state index in [0.717, 1.165) is 29.7 Å². The van der Waals surface area contributed by atoms with Crippen LogP contribution in [0.1, 0.15) is 49.4 Å². The lowest BCUT2D eigenvalue weighted by atomic mass is 9.95. The number of benzene rings is 3. The van der Waals surface area contributed by atoms with Crippen LogP contribution in [-0.2, 0) is 15.3 Å². The lowest BCUT2D eigenvalue weighted by molar-refractivity contribution is -0.132. The minimum Gasteiger partial charge on any atom is -0.507 e. The number of ketones is 1. The topological polar surface area (TPSA) is 111 Å². The van der Waals surface area contributed by atoms with Crippen LogP contribution < -0.4 is 19.1 Å². The summed E-state index contributed by atoms with van der Waals surface area (Å²) in [5.41, 5.74) is 1.64. The molecule has 0 spiro atoms. The minimum atomic E-state index is -1.03. The molecule has 46 heavy (non-hydrogen) atoms. The molecule has 0 saturated carbocycles. The summed E-state index contributed by atoms with van der Waals surface area (Å²) < 4.78 is 17.6. The van der Waals surface area contributed by atoms with E-state index in [4.69, 9.17) is 37.4 Å². The number of anilines is 1. The fourth-order valence-corrected chi connectivity index (χ4v) is 7.24. The highest BCUT2D eigenvalue weighted by atomic mass is 35.5. The highest BCUT2D eigenvalue weighted by Gasteiger charge is 2.48. The maximum atomic E-state index is 13.7. The first kappa shape index (κ1) is 33.6. The molecule has 1 unspecified atom stereocenters. The van der Waals surface area contributed by atoms with Gasteiger partial charge in [-0.15, -0.1) is 10.2 Å². The van der Waals surface area contributed by atoms with Gasteiger partial charge in [-0.3, -0.25) is 14.5 Å². The zero-order valence-electron chi connectivity index (χ0n) is 25.3. The molecule has 5 rings (SSSR count). The number of aromatic nitrogens is 2. The zero-order chi connectivity index (χ0) is 32.8. The maximum absolute atomic E-state index is 13.7. The Balaban J connectivity index is 1.55. The van der Waals surface area contributed by atoms with E-state index in [2.05, 4.69) is 17.1 Å². The second-order valence-corrected chi connectivity index (χ2v) is 13.1. The Labute approximate surface area is 285 Å². The predicted molar refractivity (Wildman–Crippen MR) is 182 cm³/mol. The molecule has 1 amide bonds. The first-order chi connectivity index (χ1) is 22.2. The van der Waals surface area contributed by atoms with E-state index in [9.17, 15) is 14.7 Å². The maximum Gasteiger partial charge on any atom is 0.301 e. The molecule has 4 aromatic rings. The summed E-state index contributed by atoms with van der Waals surface area (Å²) in [7, 11) is 1.52. The molecule has 0 radical (unpaired) electrons. The molecule has 0 aliphatic carbocycles. The molecular formula is C33H31Cl2N3O6S2. The molecule has 1 N–H and O–H groups in total. The molecule has 1 saturated heterocycles. The number of hydrogen-bond donors (Lipinski definition) is 1. The number of Topliss-reactive ketones (excluding diaryl/α,β-unsaturated/α-hetero) is 1. The van der Waals surface area contributed by atoms with Gasteiger partial charge >= 0.3 is 5.91 Å². The molecule has 1 fully saturated rings. The van der Waals surface area contributed by atoms with Gasteiger partial charge < -0.3 is 19.3 Å². The van der Waals surface area contributed by atoms with Gasteiger partial charge in [-0.1, -0.05) is 71.8 Å². The number of methoxy groups -OCH3 is 1. The van der Waals surface area contributed by atoms with Gasteiger partial charge in [0.05, 0.1) is 31.9 Å². The highest BCUT2D eigenvalue weighted by Crippen LogP contribution is 2.46. The van der Waals surface area contributed by atoms with Crippen LogP contribution >= 0.6 is 46.3 Å². The third-order valence-electron chi connectivity index (χ3n) is 7.11. The van der Waals surface area contributed by atoms with Crippen molar-refractivity contribution in [3.05, 3.63) is 93.0 Å². The fraction of sp³-hybridized carbons (Fsp3) is 0.273. The summed E-state index contributed by atoms with van der Waals surface area (Å²) in [4.78, 5) is 28.6. The van der Waals surface area contributed by atoms with Crippen molar-refractivity contribution >= 4 is 68.9 Å². The van der Waals surface area contributed by atoms with Crippen LogP contribution in [0.25, 0.3) is 5.76 Å². The Morgan fingerprint density at radius 1 is 1.00 bits per heavy atom. The average molecular weight is 701 g/mol. The molecule has 0 bridgehead atoms. The third-order valence-corrected chi connectivity index (χ3v) is 9.80. The van der Waals surface area contributed by atoms with Gasteiger partial charge in [0, 0.05) is 21.4 Å². The minimum absolute atomic E-state index is 0.0896. The Bertz CT molecular complexity index is 1760. The van der Waals surface area contributed by atoms with E-state index in [-0.39, 0.29) is 16.5 Å². The third kappa shape index (κ3) is 7.28. The summed E-state index contributed by atoms with van der Waals surface area (Å²) in [6, 6.07) is 16.1. The Hall–Kier alpha value is -3.77. The van der Waals surface area contributed by atoms with Crippen molar-refractivity contribution in [1.29, 1.82) is 0 Å². The van der Waals surface area contributed by atoms with Crippen molar-refractivity contribution in [2.24, 2.45) is 0 Å². The molecule has 2 heterocycles. The van der Waals surface area contributed by atoms with Crippen molar-refractivity contribution in [2.45, 2.75) is 42.8 Å². The fourth-order valence-electron chi connectivity index (χ4n) is 4.81. The van der Waals surface area contributed by atoms with Gasteiger partial charge in [0.1, 0.15) is 11.5 Å². The van der Waals surface area contributed by atoms with Crippen LogP contribution in [0.3, 0.4) is 0 Å². The summed E-state index contributed by atoms with van der Waals surface area (Å²) in [6.45, 7) is 4.93. The summed E-state index contributed by atoms with van der Waals surface area (Å²) in [6.07, 6.45) is 1.84. The number of carbonyl (C=O) groups is 2. The number of aliphatic hydroxyl groups is 1. The lowest BCUT2D eigenvalue weighted by Gasteiger charge is -2.23. The molecule has 1 aromatic heterocycles. The number of halogens is 2. The van der Waals surface area contributed by atoms with E-state index in [1.165, 1.54) is 23.8 Å². The second-order valence-electron chi connectivity index (χ2n) is 10.1. The quantitative estimate of drug-likeness (QED) is 0.0367. The monoisotopic (exact) mass is 699 g/mol. The summed E-state index contributed by atoms with van der Waals surface area (Å²) in [5, 5.41) is 21.4. The number of nitrogens with zero attached hydrogens (tertiary/aromatic N) is 3. The molecule has 1 aliphatic rings. The van der Waals surface area contributed by atoms with Crippen molar-refractivity contribution in [2.75, 3.05) is 25.2 Å². The van der Waals surface area contributed by atoms with Gasteiger partial charge in [-0.25, -0.2) is 0 Å². The number of rotatable bonds is 13. The molecule has 1 atom stereocenters. The van der Waals surface area contributed by atoms with Crippen LogP contribution in [0.4, 0.5) is 5.13 Å². The first-order valence-electron chi connectivity index (χ1n) is 14.5. The molecular weight excluding hydrogens is 669 g/mol. The number of carbonyl (C=O) groups excluding carboxylic acids is 2. The van der Waals surface area contributed by atoms with Crippen LogP contribution in [0.2, 0.25) is 10.0 Å². The number of thioether (sulfide) groups is 1. The van der Waals surface area contributed by atoms with Gasteiger partial charge in [-0.05, 0) is 73.0 Å². The Morgan fingerprint density at radius 2 is 1.78 bits per heavy atom. The van der Waals surface area contributed by atoms with E-state index in [0.29, 0.717) is 61.7 Å². The smallest absolute Gasteiger partial charge is 0.301 e. The second kappa shape index (κ2) is 15.2. The molecule has 3 aromatic carbocycles. The van der Waals surface area contributed by atoms with Gasteiger partial charge in [0.15, 0.2) is 15.8 Å². The zero-order valence-corrected chi connectivity index (χ0v) is 28.4. The van der Waals surface area contributed by atoms with E-state index in [1.807, 2.05) is 13.0 Å². The van der Waals surface area contributed by atoms with Gasteiger partial charge in [0.25, 0.3) is 5.78 Å². The number of hydrogen-bond acceptors (Lipinski definition) is 10. The standard InChI is InChI=1S/C33H31Cl2N3O6S2/c1-4-6-15-44-25-14-10-20(16-26(25)42-3)28-27(29(39)19-8-12-23(13-9-19)43-5-2)30(40)31(41)38(28)32-36-37-33(46-32)45-18-21-7-11-22(34)17-24(21)35/h7-14,16-17,28,39H,4-6,15,18H2,1-3H3/b29-27-. The van der Waals surface area contributed by atoms with E-state index >= 15 is 0 Å². The van der Waals surface area contributed by atoms with Crippen LogP contribution in [-0.4, -0.2) is 47.3 Å². The molecule has 1 aliphatic heterocycles. The molecule has 9 nitrogen and oxygen atoms in total. The molecule has 13 heteroatoms. The summed E-state index contributed by atoms with van der Waals surface area (Å²) in [5.74, 6) is 0.0312. The lowest BCUT2D eigenvalue weighted by Crippen LogP contribution is -2.29. The number of unbranched alkanes of at least 4 members (excludes halogenated alkanes) is 1. The largest absolute Gasteiger partial charge is 0.507 e. The van der Waals surface area contributed by atoms with Crippen molar-refractivity contribution < 1.29 is 28.9 Å². The van der Waals surface area contributed by atoms with Crippen molar-refractivity contribution in [1.82, 2.24) is 10.2 Å². The van der Waals surface area contributed by atoms with Gasteiger partial charge in [-0.2, -0.15) is 0 Å². The van der Waals surface area contributed by atoms with Crippen LogP contribution in [0.15, 0.2) is 70.6 Å². The Kier molecular flexibility index (Phi) is 11.1. The van der Waals surface area contributed by atoms with E-state index < -0.39 is 17.7 Å². The first-order valence-corrected chi connectivity index (χ1v) is 17.1. The predicted octanol–water partition coefficient (Wildman–Crippen LogP) is 8.35. The van der Waals surface area contributed by atoms with Gasteiger partial charge in [0.2, 0.25) is 5.13 Å². The van der Waals surface area contributed by atoms with Crippen LogP contribution in [0, 0.1) is 0 Å². The van der Waals surface area contributed by atoms with E-state index in [1.54, 1.807) is 54.6 Å². The number of ether oxygens (including phenoxy) is 3. The molecule has 240 valence electrons. The number of amides is 1. The number of aliphatic hydroxyl groups excluding tert-OH is 1. The summed E-state index contributed by atoms with van der Waals surface area (Å²) >= 11 is 14.9. The Morgan fingerprint density at radius 3 is 2.48 bits per heavy atom. The van der Waals surface area contributed by atoms with Crippen LogP contribution in [0.5, 0.6) is 17.2 Å². The average Bonchev–Trinajstić information content (AvgIpc) is 3.62. The van der Waals surface area contributed by atoms with Crippen molar-refractivity contribution in [3.63, 3.8) is 0 Å². The van der Waals surface area contributed by atoms with Crippen molar-refractivity contribution in [3.8, 4) is 17.2 Å². The normalized spacial score (nSPS) is 15.8.